The zero-order valence-electron chi connectivity index (χ0n) is 21.0. The molecule has 0 atom stereocenters. The fourth-order valence-corrected chi connectivity index (χ4v) is 3.99. The van der Waals surface area contributed by atoms with Gasteiger partial charge in [0.2, 0.25) is 0 Å². The fraction of sp³-hybridized carbons (Fsp3) is 0.194. The molecule has 0 aromatic heterocycles. The molecule has 5 aromatic rings. The summed E-state index contributed by atoms with van der Waals surface area (Å²) in [4.78, 5) is 0. The van der Waals surface area contributed by atoms with E-state index in [1.54, 1.807) is 0 Å². The zero-order valence-corrected chi connectivity index (χ0v) is 26.0. The van der Waals surface area contributed by atoms with E-state index >= 15 is 0 Å². The van der Waals surface area contributed by atoms with Crippen molar-refractivity contribution >= 4 is 45.4 Å². The summed E-state index contributed by atoms with van der Waals surface area (Å²) in [7, 11) is 10.3. The molecule has 0 saturated carbocycles. The standard InChI is InChI=1S/2C12H13.C7H7.2ClH.Si.Zr/c2*1-3-10-5-4-6-11-7-9(2)8-12(10)11;1-7-5-3-2-4-6-7;;;;/h2*4-8H,3H2,1-2H3;2-6H,1H2;2*1H;;/q3*-1;;;;+2/p-2. The molecule has 0 aliphatic carbocycles. The van der Waals surface area contributed by atoms with Gasteiger partial charge in [-0.15, -0.1) is 81.2 Å². The number of benzene rings is 3. The van der Waals surface area contributed by atoms with Crippen molar-refractivity contribution in [3.8, 4) is 0 Å². The van der Waals surface area contributed by atoms with Gasteiger partial charge in [-0.05, 0) is 12.8 Å². The Hall–Kier alpha value is -1.57. The Labute approximate surface area is 228 Å². The minimum atomic E-state index is -1.79. The molecule has 35 heavy (non-hydrogen) atoms. The topological polar surface area (TPSA) is 0 Å². The summed E-state index contributed by atoms with van der Waals surface area (Å²) in [5, 5.41) is 5.62. The van der Waals surface area contributed by atoms with E-state index in [-0.39, 0.29) is 0 Å². The van der Waals surface area contributed by atoms with Crippen LogP contribution in [-0.2, 0) is 30.8 Å². The molecule has 0 heterocycles. The van der Waals surface area contributed by atoms with Gasteiger partial charge < -0.3 is 0 Å². The summed E-state index contributed by atoms with van der Waals surface area (Å²) >= 11 is -1.79. The first-order valence-electron chi connectivity index (χ1n) is 11.8. The van der Waals surface area contributed by atoms with Crippen LogP contribution in [0.2, 0.25) is 0 Å². The molecule has 0 N–H and O–H groups in total. The zero-order chi connectivity index (χ0) is 25.8. The van der Waals surface area contributed by atoms with Crippen LogP contribution in [-0.4, -0.2) is 6.88 Å². The van der Waals surface area contributed by atoms with E-state index in [0.717, 1.165) is 18.4 Å². The second kappa shape index (κ2) is 15.5. The van der Waals surface area contributed by atoms with Crippen molar-refractivity contribution < 1.29 is 18.0 Å². The number of fused-ring (bicyclic) bond motifs is 2. The van der Waals surface area contributed by atoms with Crippen LogP contribution >= 0.6 is 17.0 Å². The van der Waals surface area contributed by atoms with Gasteiger partial charge in [-0.3, -0.25) is 0 Å². The van der Waals surface area contributed by atoms with Crippen molar-refractivity contribution in [2.45, 2.75) is 40.5 Å². The van der Waals surface area contributed by atoms with Crippen molar-refractivity contribution in [1.29, 1.82) is 0 Å². The Morgan fingerprint density at radius 3 is 1.43 bits per heavy atom. The van der Waals surface area contributed by atoms with Gasteiger partial charge in [0.15, 0.2) is 0 Å². The predicted molar refractivity (Wildman–Crippen MR) is 156 cm³/mol. The Bertz CT molecular complexity index is 1250. The summed E-state index contributed by atoms with van der Waals surface area (Å²) in [5.74, 6) is 0. The van der Waals surface area contributed by atoms with Crippen molar-refractivity contribution in [2.24, 2.45) is 0 Å². The SMILES string of the molecule is CCc1cccc2[cH-]c(C)cc12.CCc1cccc2[cH-]c(C)cc12.[CH2-]c1ccccc1.[Si]=[Zr]([Cl])[Cl]. The Balaban J connectivity index is 0.000000177. The van der Waals surface area contributed by atoms with Crippen LogP contribution < -0.4 is 0 Å². The summed E-state index contributed by atoms with van der Waals surface area (Å²) in [6.07, 6.45) is 2.25. The monoisotopic (exact) mass is 593 g/mol. The molecule has 5 rings (SSSR count). The molecule has 0 aliphatic rings. The number of hydrogen-bond donors (Lipinski definition) is 0. The molecule has 4 heteroatoms. The maximum absolute atomic E-state index is 5.15. The maximum atomic E-state index is 5.15. The third-order valence-corrected chi connectivity index (χ3v) is 5.58. The van der Waals surface area contributed by atoms with Gasteiger partial charge in [-0.25, -0.2) is 0 Å². The van der Waals surface area contributed by atoms with Crippen LogP contribution in [0.5, 0.6) is 0 Å². The number of aryl methyl sites for hydroxylation is 4. The van der Waals surface area contributed by atoms with Crippen LogP contribution in [0.15, 0.2) is 91.0 Å². The molecule has 0 aliphatic heterocycles. The third-order valence-electron chi connectivity index (χ3n) is 5.58. The van der Waals surface area contributed by atoms with Gasteiger partial charge in [0, 0.05) is 0 Å². The van der Waals surface area contributed by atoms with E-state index in [1.807, 2.05) is 30.3 Å². The average molecular weight is 596 g/mol. The summed E-state index contributed by atoms with van der Waals surface area (Å²) in [6, 6.07) is 32.0. The van der Waals surface area contributed by atoms with Gasteiger partial charge in [0.1, 0.15) is 0 Å². The molecule has 2 radical (unpaired) electrons. The molecule has 0 amide bonds. The normalized spacial score (nSPS) is 9.89. The molecule has 0 bridgehead atoms. The van der Waals surface area contributed by atoms with Gasteiger partial charge >= 0.3 is 41.9 Å². The second-order valence-electron chi connectivity index (χ2n) is 8.36. The first-order chi connectivity index (χ1) is 16.7. The molecule has 0 nitrogen and oxygen atoms in total. The minimum absolute atomic E-state index is 1.07. The second-order valence-corrected chi connectivity index (χ2v) is 22.0. The molecule has 0 unspecified atom stereocenters. The Morgan fingerprint density at radius 1 is 0.714 bits per heavy atom. The molecule has 182 valence electrons. The van der Waals surface area contributed by atoms with Gasteiger partial charge in [0.25, 0.3) is 0 Å². The van der Waals surface area contributed by atoms with E-state index in [1.165, 1.54) is 43.8 Å². The predicted octanol–water partition coefficient (Wildman–Crippen LogP) is 9.72. The first kappa shape index (κ1) is 29.7. The quantitative estimate of drug-likeness (QED) is 0.141. The number of rotatable bonds is 2. The molecule has 0 fully saturated rings. The van der Waals surface area contributed by atoms with E-state index in [9.17, 15) is 0 Å². The van der Waals surface area contributed by atoms with E-state index in [0.29, 0.717) is 0 Å². The van der Waals surface area contributed by atoms with Gasteiger partial charge in [0.05, 0.1) is 0 Å². The number of halogens is 2. The summed E-state index contributed by atoms with van der Waals surface area (Å²) in [6.45, 7) is 15.5. The fourth-order valence-electron chi connectivity index (χ4n) is 3.99. The van der Waals surface area contributed by atoms with Gasteiger partial charge in [-0.1, -0.05) is 57.0 Å². The van der Waals surface area contributed by atoms with Crippen molar-refractivity contribution in [1.82, 2.24) is 0 Å². The Kier molecular flexibility index (Phi) is 13.2. The molecular formula is C31H33Cl2SiZr-3. The summed E-state index contributed by atoms with van der Waals surface area (Å²) < 4.78 is 0. The van der Waals surface area contributed by atoms with Gasteiger partial charge in [-0.2, -0.15) is 36.8 Å². The van der Waals surface area contributed by atoms with Crippen molar-refractivity contribution in [3.63, 3.8) is 0 Å². The van der Waals surface area contributed by atoms with Crippen molar-refractivity contribution in [2.75, 3.05) is 0 Å². The Morgan fingerprint density at radius 2 is 1.11 bits per heavy atom. The van der Waals surface area contributed by atoms with Crippen LogP contribution in [0.1, 0.15) is 41.7 Å². The summed E-state index contributed by atoms with van der Waals surface area (Å²) in [5.41, 5.74) is 6.72. The van der Waals surface area contributed by atoms with Crippen molar-refractivity contribution in [3.05, 3.63) is 126 Å². The van der Waals surface area contributed by atoms with E-state index < -0.39 is 18.0 Å². The third kappa shape index (κ3) is 10.1. The number of hydrogen-bond acceptors (Lipinski definition) is 0. The molecule has 0 saturated heterocycles. The van der Waals surface area contributed by atoms with Crippen LogP contribution in [0, 0.1) is 20.8 Å². The van der Waals surface area contributed by atoms with E-state index in [2.05, 4.69) is 102 Å². The van der Waals surface area contributed by atoms with Crippen LogP contribution in [0.3, 0.4) is 0 Å². The van der Waals surface area contributed by atoms with Crippen LogP contribution in [0.25, 0.3) is 21.5 Å². The first-order valence-corrected chi connectivity index (χ1v) is 22.3. The molecular weight excluding hydrogens is 563 g/mol. The molecule has 5 aromatic carbocycles. The average Bonchev–Trinajstić information content (AvgIpc) is 3.40. The van der Waals surface area contributed by atoms with Crippen LogP contribution in [0.4, 0.5) is 0 Å². The molecule has 0 spiro atoms. The van der Waals surface area contributed by atoms with E-state index in [4.69, 9.17) is 17.0 Å².